The van der Waals surface area contributed by atoms with E-state index < -0.39 is 6.49 Å². The molecule has 0 rings (SSSR count). The van der Waals surface area contributed by atoms with Gasteiger partial charge in [-0.25, -0.2) is 0 Å². The molecule has 86 valence electrons. The summed E-state index contributed by atoms with van der Waals surface area (Å²) in [7, 11) is 0. The van der Waals surface area contributed by atoms with Crippen LogP contribution in [0, 0.1) is 0 Å². The molecule has 1 atom stereocenters. The third kappa shape index (κ3) is 9.14. The highest BCUT2D eigenvalue weighted by atomic mass is 32.5. The van der Waals surface area contributed by atoms with Crippen LogP contribution in [0.4, 0.5) is 0 Å². The van der Waals surface area contributed by atoms with Crippen molar-refractivity contribution in [3.8, 4) is 0 Å². The SMILES string of the molecule is CCCCCCCCP(O)(=S)OCC. The standard InChI is InChI=1S/C10H23O2PS/c1-3-5-6-7-8-9-10-13(11,14)12-4-2/h3-10H2,1-2H3,(H,11,14). The maximum atomic E-state index is 9.62. The molecule has 0 saturated carbocycles. The molecule has 0 aromatic heterocycles. The van der Waals surface area contributed by atoms with Crippen molar-refractivity contribution in [1.82, 2.24) is 0 Å². The number of unbranched alkanes of at least 4 members (excludes halogenated alkanes) is 5. The molecule has 0 aliphatic carbocycles. The van der Waals surface area contributed by atoms with E-state index in [9.17, 15) is 4.89 Å². The van der Waals surface area contributed by atoms with Crippen molar-refractivity contribution >= 4 is 18.3 Å². The van der Waals surface area contributed by atoms with E-state index in [0.717, 1.165) is 6.42 Å². The van der Waals surface area contributed by atoms with Gasteiger partial charge in [-0.05, 0) is 25.2 Å². The first-order chi connectivity index (χ1) is 6.62. The van der Waals surface area contributed by atoms with E-state index >= 15 is 0 Å². The second-order valence-electron chi connectivity index (χ2n) is 3.55. The largest absolute Gasteiger partial charge is 0.345 e. The van der Waals surface area contributed by atoms with E-state index in [1.807, 2.05) is 6.92 Å². The molecule has 0 aromatic carbocycles. The second-order valence-corrected chi connectivity index (χ2v) is 7.24. The molecule has 0 spiro atoms. The zero-order valence-electron chi connectivity index (χ0n) is 9.37. The first-order valence-corrected chi connectivity index (χ1v) is 8.44. The zero-order chi connectivity index (χ0) is 10.9. The summed E-state index contributed by atoms with van der Waals surface area (Å²) in [4.78, 5) is 9.62. The molecular weight excluding hydrogens is 215 g/mol. The molecule has 0 amide bonds. The lowest BCUT2D eigenvalue weighted by atomic mass is 10.1. The molecule has 1 N–H and O–H groups in total. The van der Waals surface area contributed by atoms with Crippen LogP contribution in [0.5, 0.6) is 0 Å². The third-order valence-corrected chi connectivity index (χ3v) is 4.53. The number of hydrogen-bond acceptors (Lipinski definition) is 2. The predicted molar refractivity (Wildman–Crippen MR) is 66.4 cm³/mol. The van der Waals surface area contributed by atoms with Gasteiger partial charge < -0.3 is 9.42 Å². The topological polar surface area (TPSA) is 29.5 Å². The fraction of sp³-hybridized carbons (Fsp3) is 1.00. The molecule has 0 fully saturated rings. The summed E-state index contributed by atoms with van der Waals surface area (Å²) < 4.78 is 5.14. The summed E-state index contributed by atoms with van der Waals surface area (Å²) in [6, 6.07) is 0. The first kappa shape index (κ1) is 14.6. The molecule has 0 aliphatic rings. The Morgan fingerprint density at radius 1 is 1.07 bits per heavy atom. The quantitative estimate of drug-likeness (QED) is 0.491. The van der Waals surface area contributed by atoms with Crippen molar-refractivity contribution in [3.63, 3.8) is 0 Å². The molecule has 0 heterocycles. The Bertz CT molecular complexity index is 174. The van der Waals surface area contributed by atoms with Crippen LogP contribution >= 0.6 is 6.49 Å². The molecule has 2 nitrogen and oxygen atoms in total. The summed E-state index contributed by atoms with van der Waals surface area (Å²) in [6.45, 7) is 2.20. The predicted octanol–water partition coefficient (Wildman–Crippen LogP) is 3.69. The second kappa shape index (κ2) is 8.84. The van der Waals surface area contributed by atoms with E-state index in [-0.39, 0.29) is 0 Å². The molecular formula is C10H23O2PS. The Balaban J connectivity index is 3.30. The first-order valence-electron chi connectivity index (χ1n) is 5.58. The maximum absolute atomic E-state index is 9.62. The Kier molecular flexibility index (Phi) is 9.20. The Labute approximate surface area is 93.2 Å². The van der Waals surface area contributed by atoms with E-state index in [0.29, 0.717) is 12.8 Å². The van der Waals surface area contributed by atoms with Crippen LogP contribution in [0.3, 0.4) is 0 Å². The van der Waals surface area contributed by atoms with Gasteiger partial charge in [0.2, 0.25) is 0 Å². The fourth-order valence-corrected chi connectivity index (χ4v) is 3.22. The van der Waals surface area contributed by atoms with Gasteiger partial charge in [0.25, 0.3) is 0 Å². The smallest absolute Gasteiger partial charge is 0.186 e. The van der Waals surface area contributed by atoms with E-state index in [1.54, 1.807) is 0 Å². The normalized spacial score (nSPS) is 15.4. The molecule has 4 heteroatoms. The minimum atomic E-state index is -2.41. The minimum Gasteiger partial charge on any atom is -0.345 e. The lowest BCUT2D eigenvalue weighted by Gasteiger charge is -2.13. The fourth-order valence-electron chi connectivity index (χ4n) is 1.36. The molecule has 14 heavy (non-hydrogen) atoms. The van der Waals surface area contributed by atoms with Gasteiger partial charge in [-0.15, -0.1) is 0 Å². The van der Waals surface area contributed by atoms with Gasteiger partial charge in [0.15, 0.2) is 6.49 Å². The van der Waals surface area contributed by atoms with Crippen molar-refractivity contribution in [2.24, 2.45) is 0 Å². The maximum Gasteiger partial charge on any atom is 0.186 e. The van der Waals surface area contributed by atoms with Crippen LogP contribution in [0.2, 0.25) is 0 Å². The molecule has 0 aromatic rings. The van der Waals surface area contributed by atoms with Crippen LogP contribution in [0.1, 0.15) is 52.4 Å². The highest BCUT2D eigenvalue weighted by molar-refractivity contribution is 8.09. The summed E-state index contributed by atoms with van der Waals surface area (Å²) in [5, 5.41) is 0. The molecule has 0 saturated heterocycles. The molecule has 1 unspecified atom stereocenters. The zero-order valence-corrected chi connectivity index (χ0v) is 11.1. The van der Waals surface area contributed by atoms with Crippen LogP contribution < -0.4 is 0 Å². The van der Waals surface area contributed by atoms with Crippen molar-refractivity contribution in [2.75, 3.05) is 12.8 Å². The Morgan fingerprint density at radius 2 is 1.64 bits per heavy atom. The van der Waals surface area contributed by atoms with Crippen molar-refractivity contribution in [1.29, 1.82) is 0 Å². The molecule has 0 radical (unpaired) electrons. The Morgan fingerprint density at radius 3 is 2.21 bits per heavy atom. The van der Waals surface area contributed by atoms with Gasteiger partial charge in [-0.2, -0.15) is 0 Å². The van der Waals surface area contributed by atoms with Gasteiger partial charge in [0.1, 0.15) is 0 Å². The Hall–Kier alpha value is 0.570. The number of hydrogen-bond donors (Lipinski definition) is 1. The highest BCUT2D eigenvalue weighted by Crippen LogP contribution is 2.43. The van der Waals surface area contributed by atoms with Crippen LogP contribution in [0.15, 0.2) is 0 Å². The average molecular weight is 238 g/mol. The minimum absolute atomic E-state index is 0.531. The van der Waals surface area contributed by atoms with Crippen LogP contribution in [-0.2, 0) is 16.3 Å². The monoisotopic (exact) mass is 238 g/mol. The van der Waals surface area contributed by atoms with E-state index in [2.05, 4.69) is 6.92 Å². The van der Waals surface area contributed by atoms with Gasteiger partial charge >= 0.3 is 0 Å². The summed E-state index contributed by atoms with van der Waals surface area (Å²) >= 11 is 4.99. The van der Waals surface area contributed by atoms with Gasteiger partial charge in [0.05, 0.1) is 6.61 Å². The lowest BCUT2D eigenvalue weighted by Crippen LogP contribution is -1.94. The van der Waals surface area contributed by atoms with Gasteiger partial charge in [-0.1, -0.05) is 39.0 Å². The van der Waals surface area contributed by atoms with Crippen LogP contribution in [0.25, 0.3) is 0 Å². The lowest BCUT2D eigenvalue weighted by molar-refractivity contribution is 0.326. The van der Waals surface area contributed by atoms with Crippen molar-refractivity contribution < 1.29 is 9.42 Å². The molecule has 0 bridgehead atoms. The highest BCUT2D eigenvalue weighted by Gasteiger charge is 2.11. The average Bonchev–Trinajstić information content (AvgIpc) is 2.11. The number of rotatable bonds is 9. The summed E-state index contributed by atoms with van der Waals surface area (Å²) in [6.07, 6.45) is 8.02. The van der Waals surface area contributed by atoms with Gasteiger partial charge in [0, 0.05) is 6.16 Å². The third-order valence-electron chi connectivity index (χ3n) is 2.13. The van der Waals surface area contributed by atoms with Crippen LogP contribution in [-0.4, -0.2) is 17.7 Å². The van der Waals surface area contributed by atoms with E-state index in [1.165, 1.54) is 32.1 Å². The summed E-state index contributed by atoms with van der Waals surface area (Å²) in [5.41, 5.74) is 0. The molecule has 0 aliphatic heterocycles. The van der Waals surface area contributed by atoms with Crippen molar-refractivity contribution in [2.45, 2.75) is 52.4 Å². The van der Waals surface area contributed by atoms with Gasteiger partial charge in [-0.3, -0.25) is 0 Å². The van der Waals surface area contributed by atoms with Crippen molar-refractivity contribution in [3.05, 3.63) is 0 Å². The van der Waals surface area contributed by atoms with E-state index in [4.69, 9.17) is 16.3 Å². The summed E-state index contributed by atoms with van der Waals surface area (Å²) in [5.74, 6) is 0.